The lowest BCUT2D eigenvalue weighted by molar-refractivity contribution is 0.274. The van der Waals surface area contributed by atoms with Crippen LogP contribution in [0.2, 0.25) is 0 Å². The highest BCUT2D eigenvalue weighted by atomic mass is 16.3. The van der Waals surface area contributed by atoms with Gasteiger partial charge < -0.3 is 10.4 Å². The summed E-state index contributed by atoms with van der Waals surface area (Å²) in [5.74, 6) is 0. The number of nitrogens with zero attached hydrogens (tertiary/aromatic N) is 2. The number of para-hydroxylation sites is 1. The van der Waals surface area contributed by atoms with Crippen molar-refractivity contribution in [3.63, 3.8) is 0 Å². The first kappa shape index (κ1) is 10.5. The molecule has 0 bridgehead atoms. The molecule has 4 nitrogen and oxygen atoms in total. The maximum atomic E-state index is 9.35. The van der Waals surface area contributed by atoms with Gasteiger partial charge in [0.15, 0.2) is 0 Å². The third-order valence-electron chi connectivity index (χ3n) is 3.16. The molecule has 2 aromatic rings. The SMILES string of the molecule is OCc1nn(-c2ccccc2)c2c1CNCC2. The first-order valence-corrected chi connectivity index (χ1v) is 5.87. The third kappa shape index (κ3) is 1.75. The van der Waals surface area contributed by atoms with Crippen LogP contribution in [-0.2, 0) is 19.6 Å². The summed E-state index contributed by atoms with van der Waals surface area (Å²) in [5.41, 5.74) is 4.23. The molecule has 0 saturated heterocycles. The highest BCUT2D eigenvalue weighted by Crippen LogP contribution is 2.21. The lowest BCUT2D eigenvalue weighted by atomic mass is 10.1. The van der Waals surface area contributed by atoms with E-state index in [9.17, 15) is 5.11 Å². The summed E-state index contributed by atoms with van der Waals surface area (Å²) >= 11 is 0. The van der Waals surface area contributed by atoms with E-state index >= 15 is 0 Å². The normalized spacial score (nSPS) is 14.6. The molecular formula is C13H15N3O. The molecule has 1 aliphatic heterocycles. The predicted octanol–water partition coefficient (Wildman–Crippen LogP) is 1.01. The summed E-state index contributed by atoms with van der Waals surface area (Å²) in [6, 6.07) is 10.1. The Morgan fingerprint density at radius 2 is 2.12 bits per heavy atom. The molecule has 0 fully saturated rings. The molecule has 1 aromatic carbocycles. The van der Waals surface area contributed by atoms with Crippen LogP contribution >= 0.6 is 0 Å². The summed E-state index contributed by atoms with van der Waals surface area (Å²) in [6.45, 7) is 1.78. The van der Waals surface area contributed by atoms with Crippen LogP contribution in [0.5, 0.6) is 0 Å². The fourth-order valence-electron chi connectivity index (χ4n) is 2.33. The number of hydrogen-bond acceptors (Lipinski definition) is 3. The Hall–Kier alpha value is -1.65. The number of aliphatic hydroxyl groups is 1. The van der Waals surface area contributed by atoms with Crippen molar-refractivity contribution in [2.45, 2.75) is 19.6 Å². The van der Waals surface area contributed by atoms with Crippen LogP contribution < -0.4 is 5.32 Å². The van der Waals surface area contributed by atoms with Crippen molar-refractivity contribution in [3.8, 4) is 5.69 Å². The van der Waals surface area contributed by atoms with Crippen LogP contribution in [-0.4, -0.2) is 21.4 Å². The van der Waals surface area contributed by atoms with Crippen molar-refractivity contribution in [3.05, 3.63) is 47.3 Å². The Bertz CT molecular complexity index is 519. The highest BCUT2D eigenvalue weighted by molar-refractivity contribution is 5.38. The van der Waals surface area contributed by atoms with E-state index in [1.54, 1.807) is 0 Å². The van der Waals surface area contributed by atoms with Crippen LogP contribution in [0.3, 0.4) is 0 Å². The second-order valence-electron chi connectivity index (χ2n) is 4.20. The molecule has 0 aliphatic carbocycles. The fraction of sp³-hybridized carbons (Fsp3) is 0.308. The molecule has 0 atom stereocenters. The molecular weight excluding hydrogens is 214 g/mol. The van der Waals surface area contributed by atoms with Gasteiger partial charge in [0.05, 0.1) is 23.7 Å². The second kappa shape index (κ2) is 4.31. The number of aromatic nitrogens is 2. The lowest BCUT2D eigenvalue weighted by Gasteiger charge is -2.15. The molecule has 4 heteroatoms. The molecule has 0 unspecified atom stereocenters. The molecule has 2 N–H and O–H groups in total. The third-order valence-corrected chi connectivity index (χ3v) is 3.16. The van der Waals surface area contributed by atoms with E-state index in [1.165, 1.54) is 5.69 Å². The van der Waals surface area contributed by atoms with E-state index in [0.29, 0.717) is 0 Å². The number of benzene rings is 1. The number of hydrogen-bond donors (Lipinski definition) is 2. The molecule has 0 radical (unpaired) electrons. The van der Waals surface area contributed by atoms with E-state index in [-0.39, 0.29) is 6.61 Å². The molecule has 0 spiro atoms. The topological polar surface area (TPSA) is 50.1 Å². The first-order chi connectivity index (χ1) is 8.40. The number of fused-ring (bicyclic) bond motifs is 1. The number of nitrogens with one attached hydrogen (secondary N) is 1. The van der Waals surface area contributed by atoms with E-state index in [2.05, 4.69) is 10.4 Å². The van der Waals surface area contributed by atoms with Gasteiger partial charge in [-0.2, -0.15) is 5.10 Å². The van der Waals surface area contributed by atoms with E-state index in [1.807, 2.05) is 35.0 Å². The molecule has 1 aromatic heterocycles. The van der Waals surface area contributed by atoms with Crippen LogP contribution in [0.1, 0.15) is 17.0 Å². The lowest BCUT2D eigenvalue weighted by Crippen LogP contribution is -2.25. The smallest absolute Gasteiger partial charge is 0.0931 e. The van der Waals surface area contributed by atoms with Crippen molar-refractivity contribution in [1.82, 2.24) is 15.1 Å². The van der Waals surface area contributed by atoms with Gasteiger partial charge in [-0.1, -0.05) is 18.2 Å². The summed E-state index contributed by atoms with van der Waals surface area (Å²) in [4.78, 5) is 0. The van der Waals surface area contributed by atoms with Gasteiger partial charge in [0.2, 0.25) is 0 Å². The van der Waals surface area contributed by atoms with Gasteiger partial charge in [0, 0.05) is 25.1 Å². The van der Waals surface area contributed by atoms with Gasteiger partial charge in [-0.15, -0.1) is 0 Å². The molecule has 88 valence electrons. The summed E-state index contributed by atoms with van der Waals surface area (Å²) in [5, 5.41) is 17.2. The van der Waals surface area contributed by atoms with Crippen molar-refractivity contribution in [2.75, 3.05) is 6.54 Å². The Balaban J connectivity index is 2.14. The van der Waals surface area contributed by atoms with E-state index in [4.69, 9.17) is 0 Å². The molecule has 0 saturated carbocycles. The maximum absolute atomic E-state index is 9.35. The number of rotatable bonds is 2. The van der Waals surface area contributed by atoms with Gasteiger partial charge in [-0.3, -0.25) is 0 Å². The minimum atomic E-state index is 0.00382. The van der Waals surface area contributed by atoms with Gasteiger partial charge in [0.25, 0.3) is 0 Å². The van der Waals surface area contributed by atoms with E-state index < -0.39 is 0 Å². The van der Waals surface area contributed by atoms with Crippen molar-refractivity contribution in [1.29, 1.82) is 0 Å². The van der Waals surface area contributed by atoms with Gasteiger partial charge in [-0.25, -0.2) is 4.68 Å². The zero-order chi connectivity index (χ0) is 11.7. The van der Waals surface area contributed by atoms with Gasteiger partial charge >= 0.3 is 0 Å². The van der Waals surface area contributed by atoms with Crippen molar-refractivity contribution < 1.29 is 5.11 Å². The summed E-state index contributed by atoms with van der Waals surface area (Å²) in [7, 11) is 0. The Labute approximate surface area is 99.9 Å². The zero-order valence-corrected chi connectivity index (χ0v) is 9.56. The molecule has 0 amide bonds. The fourth-order valence-corrected chi connectivity index (χ4v) is 2.33. The molecule has 17 heavy (non-hydrogen) atoms. The standard InChI is InChI=1S/C13H15N3O/c17-9-12-11-8-14-7-6-13(11)16(15-12)10-4-2-1-3-5-10/h1-5,14,17H,6-9H2. The van der Waals surface area contributed by atoms with Gasteiger partial charge in [0.1, 0.15) is 0 Å². The monoisotopic (exact) mass is 229 g/mol. The highest BCUT2D eigenvalue weighted by Gasteiger charge is 2.20. The van der Waals surface area contributed by atoms with Crippen molar-refractivity contribution >= 4 is 0 Å². The minimum absolute atomic E-state index is 0.00382. The van der Waals surface area contributed by atoms with E-state index in [0.717, 1.165) is 36.5 Å². The van der Waals surface area contributed by atoms with Crippen molar-refractivity contribution in [2.24, 2.45) is 0 Å². The predicted molar refractivity (Wildman–Crippen MR) is 64.9 cm³/mol. The zero-order valence-electron chi connectivity index (χ0n) is 9.56. The maximum Gasteiger partial charge on any atom is 0.0931 e. The van der Waals surface area contributed by atoms with Crippen LogP contribution in [0.25, 0.3) is 5.69 Å². The van der Waals surface area contributed by atoms with Crippen LogP contribution in [0.15, 0.2) is 30.3 Å². The largest absolute Gasteiger partial charge is 0.390 e. The average Bonchev–Trinajstić information content (AvgIpc) is 2.78. The Morgan fingerprint density at radius 3 is 2.88 bits per heavy atom. The molecule has 3 rings (SSSR count). The second-order valence-corrected chi connectivity index (χ2v) is 4.20. The first-order valence-electron chi connectivity index (χ1n) is 5.87. The molecule has 1 aliphatic rings. The summed E-state index contributed by atoms with van der Waals surface area (Å²) < 4.78 is 1.96. The quantitative estimate of drug-likeness (QED) is 0.808. The Kier molecular flexibility index (Phi) is 2.66. The summed E-state index contributed by atoms with van der Waals surface area (Å²) in [6.07, 6.45) is 0.956. The molecule has 2 heterocycles. The average molecular weight is 229 g/mol. The van der Waals surface area contributed by atoms with Crippen LogP contribution in [0.4, 0.5) is 0 Å². The van der Waals surface area contributed by atoms with Crippen LogP contribution in [0, 0.1) is 0 Å². The number of aliphatic hydroxyl groups excluding tert-OH is 1. The van der Waals surface area contributed by atoms with Gasteiger partial charge in [-0.05, 0) is 12.1 Å². The Morgan fingerprint density at radius 1 is 1.29 bits per heavy atom. The minimum Gasteiger partial charge on any atom is -0.390 e.